The lowest BCUT2D eigenvalue weighted by Gasteiger charge is -2.55. The summed E-state index contributed by atoms with van der Waals surface area (Å²) < 4.78 is 295. The number of hydrogen-bond donors (Lipinski definition) is 1. The van der Waals surface area contributed by atoms with Gasteiger partial charge in [0.15, 0.2) is 22.0 Å². The first-order chi connectivity index (χ1) is 42.4. The van der Waals surface area contributed by atoms with Crippen LogP contribution < -0.4 is 8.31 Å². The third kappa shape index (κ3) is 18.5. The number of fused-ring (bicyclic) bond motifs is 2. The minimum Gasteiger partial charge on any atom is -0.748 e. The Labute approximate surface area is 541 Å². The quantitative estimate of drug-likeness (QED) is 0.0396. The highest BCUT2D eigenvalue weighted by Crippen LogP contribution is 2.64. The number of ketones is 1. The van der Waals surface area contributed by atoms with Gasteiger partial charge < -0.3 is 32.1 Å². The van der Waals surface area contributed by atoms with E-state index in [1.807, 2.05) is 13.8 Å². The van der Waals surface area contributed by atoms with E-state index in [4.69, 9.17) is 9.47 Å². The van der Waals surface area contributed by atoms with E-state index in [1.165, 1.54) is 12.1 Å². The molecule has 24 nitrogen and oxygen atoms in total. The van der Waals surface area contributed by atoms with Crippen LogP contribution in [0.2, 0.25) is 0 Å². The number of nitrogens with one attached hydrogen (secondary N) is 1. The Bertz CT molecular complexity index is 3570. The van der Waals surface area contributed by atoms with Crippen LogP contribution in [-0.2, 0) is 93.9 Å². The van der Waals surface area contributed by atoms with E-state index in [0.717, 1.165) is 121 Å². The first kappa shape index (κ1) is 78.1. The van der Waals surface area contributed by atoms with Gasteiger partial charge in [-0.2, -0.15) is 43.5 Å². The maximum Gasteiger partial charge on any atom is 1.00 e. The molecule has 1 aromatic rings. The van der Waals surface area contributed by atoms with Crippen molar-refractivity contribution >= 4 is 84.2 Å². The van der Waals surface area contributed by atoms with Crippen LogP contribution >= 0.6 is 0 Å². The van der Waals surface area contributed by atoms with E-state index in [-0.39, 0.29) is 51.3 Å². The van der Waals surface area contributed by atoms with Crippen molar-refractivity contribution in [3.8, 4) is 5.75 Å². The first-order valence-electron chi connectivity index (χ1n) is 30.1. The average Bonchev–Trinajstić information content (AvgIpc) is 1.71. The van der Waals surface area contributed by atoms with Gasteiger partial charge in [0.2, 0.25) is 10.0 Å². The minimum absolute atomic E-state index is 0. The summed E-state index contributed by atoms with van der Waals surface area (Å²) in [6.07, 6.45) is 18.7. The molecule has 0 aromatic heterocycles. The van der Waals surface area contributed by atoms with E-state index < -0.39 is 141 Å². The van der Waals surface area contributed by atoms with Crippen LogP contribution in [-0.4, -0.2) is 146 Å². The molecule has 3 atom stereocenters. The largest absolute Gasteiger partial charge is 1.00 e. The maximum absolute atomic E-state index is 14.1. The highest BCUT2D eigenvalue weighted by Gasteiger charge is 2.83. The summed E-state index contributed by atoms with van der Waals surface area (Å²) in [5.74, 6) is -9.64. The zero-order valence-electron chi connectivity index (χ0n) is 54.9. The molecule has 0 heterocycles. The number of rotatable bonds is 21. The van der Waals surface area contributed by atoms with Crippen LogP contribution in [0.25, 0.3) is 0 Å². The predicted octanol–water partition coefficient (Wildman–Crippen LogP) is 8.45. The fourth-order valence-electron chi connectivity index (χ4n) is 14.6. The molecular formula is C55H80F8NO23S6+. The van der Waals surface area contributed by atoms with Gasteiger partial charge >= 0.3 is 55.4 Å². The van der Waals surface area contributed by atoms with E-state index in [0.29, 0.717) is 68.3 Å². The topological polar surface area (TPSA) is 391 Å². The monoisotopic (exact) mass is 1470 g/mol. The van der Waals surface area contributed by atoms with Crippen molar-refractivity contribution in [2.45, 2.75) is 219 Å². The van der Waals surface area contributed by atoms with Crippen LogP contribution in [0.4, 0.5) is 35.1 Å². The standard InChI is InChI=1S/C16H19F6NO7S3.C16H26O7S.C13H18F2O5S.C10H16O4S/c1-31(24,25)23-32(26,27)15(19,20)14(17,18)16(21,22)33(28,29)30-13-9-7-12(8-10-13)11-5-3-2-4-6-11;17-15(22-12-7-3-1-4-8-12)11-14(24(19,20)21)16(18)23-13-9-5-2-6-10-13;14-13(15,21(17,18)19)7-20-11(16)12-4-8-1-9(5-12)3-10(2-8)6-12;1-9(2)7-3-4-10(9,8(11)5-7)6-15(12,13)14/h7-11,23H,2-6H2,1H3;12-14H,1-11H2,(H,19,20,21);8-10H,1-7H2,(H,17,18,19);7H,3-6H2,1-2H3,(H,12,13,14)/p+1/i/hT4. The Kier molecular flexibility index (Phi) is 24.2. The molecule has 9 saturated carbocycles. The number of hydrogen-bond acceptors (Lipinski definition) is 23. The molecule has 1 N–H and O–H groups in total. The SMILES string of the molecule is CC1(C)C2CCC1(CS(=O)(=O)[O-])C(=O)C2.CS(=O)(=O)NS(=O)(=O)C(F)(F)C(F)(F)C(F)(F)S(=O)(=O)Oc1ccc(C2CCCCC2)cc1.O=C(CC(C(=O)OC1CCCCC1)S(=O)(=O)[O-])OC1CCCCC1.O=C(OCC(F)(F)S(=O)(=O)[O-])C12CC3CC(CC(C3)C1)C2.[3H+].[3H+].[3H+].[3H+]. The normalized spacial score (nSPS) is 26.8. The van der Waals surface area contributed by atoms with Gasteiger partial charge in [-0.3, -0.25) is 19.2 Å². The van der Waals surface area contributed by atoms with E-state index in [1.54, 1.807) is 0 Å². The maximum atomic E-state index is 14.1. The summed E-state index contributed by atoms with van der Waals surface area (Å²) in [4.78, 5) is 48.1. The van der Waals surface area contributed by atoms with Crippen molar-refractivity contribution in [2.24, 2.45) is 39.9 Å². The average molecular weight is 1480 g/mol. The molecule has 0 amide bonds. The van der Waals surface area contributed by atoms with Gasteiger partial charge in [0.25, 0.3) is 10.0 Å². The number of alkyl halides is 8. The molecular weight excluding hydrogens is 1390 g/mol. The van der Waals surface area contributed by atoms with Crippen molar-refractivity contribution in [3.05, 3.63) is 29.8 Å². The molecule has 1 aromatic carbocycles. The molecule has 38 heteroatoms. The minimum atomic E-state index is -7.14. The number of ether oxygens (including phenoxy) is 3. The molecule has 534 valence electrons. The summed E-state index contributed by atoms with van der Waals surface area (Å²) in [6.45, 7) is 2.15. The van der Waals surface area contributed by atoms with Crippen molar-refractivity contribution in [1.82, 2.24) is 4.13 Å². The van der Waals surface area contributed by atoms with Gasteiger partial charge in [0.05, 0.1) is 34.0 Å². The van der Waals surface area contributed by atoms with Crippen molar-refractivity contribution in [3.63, 3.8) is 0 Å². The van der Waals surface area contributed by atoms with Gasteiger partial charge in [-0.1, -0.05) is 58.1 Å². The van der Waals surface area contributed by atoms with E-state index in [9.17, 15) is 118 Å². The van der Waals surface area contributed by atoms with Gasteiger partial charge in [-0.25, -0.2) is 42.1 Å². The third-order valence-electron chi connectivity index (χ3n) is 19.2. The number of esters is 3. The molecule has 6 bridgehead atoms. The van der Waals surface area contributed by atoms with Gasteiger partial charge in [0.1, 0.15) is 33.9 Å². The molecule has 9 fully saturated rings. The lowest BCUT2D eigenvalue weighted by atomic mass is 9.49. The number of benzene rings is 1. The molecule has 93 heavy (non-hydrogen) atoms. The fourth-order valence-corrected chi connectivity index (χ4v) is 20.2. The van der Waals surface area contributed by atoms with Gasteiger partial charge in [-0.05, 0) is 168 Å². The molecule has 9 aliphatic rings. The van der Waals surface area contributed by atoms with Gasteiger partial charge in [0, 0.05) is 11.8 Å². The number of halogens is 8. The Morgan fingerprint density at radius 3 is 1.53 bits per heavy atom. The van der Waals surface area contributed by atoms with E-state index in [2.05, 4.69) is 8.92 Å². The van der Waals surface area contributed by atoms with Crippen molar-refractivity contribution in [1.29, 1.82) is 0 Å². The van der Waals surface area contributed by atoms with Crippen LogP contribution in [0.1, 0.15) is 192 Å². The number of sulfonamides is 2. The third-order valence-corrected chi connectivity index (χ3v) is 26.3. The number of carbonyl (C=O) groups is 4. The molecule has 3 unspecified atom stereocenters. The predicted molar refractivity (Wildman–Crippen MR) is 311 cm³/mol. The molecule has 0 saturated heterocycles. The Balaban J connectivity index is 0.000000448. The lowest BCUT2D eigenvalue weighted by Crippen LogP contribution is -2.63. The number of carbonyl (C=O) groups excluding carboxylic acids is 4. The summed E-state index contributed by atoms with van der Waals surface area (Å²) in [6, 6.07) is 4.31. The van der Waals surface area contributed by atoms with Crippen LogP contribution in [0.5, 0.6) is 5.75 Å². The second-order valence-electron chi connectivity index (χ2n) is 26.3. The summed E-state index contributed by atoms with van der Waals surface area (Å²) in [5.41, 5.74) is -1.27. The Hall–Kier alpha value is -3.92. The van der Waals surface area contributed by atoms with E-state index >= 15 is 0 Å². The van der Waals surface area contributed by atoms with Crippen LogP contribution in [0.15, 0.2) is 24.3 Å². The second kappa shape index (κ2) is 28.9. The molecule has 0 aliphatic heterocycles. The molecule has 0 spiro atoms. The van der Waals surface area contributed by atoms with Crippen molar-refractivity contribution in [2.75, 3.05) is 18.6 Å². The highest BCUT2D eigenvalue weighted by molar-refractivity contribution is 8.05. The molecule has 0 radical (unpaired) electrons. The summed E-state index contributed by atoms with van der Waals surface area (Å²) in [7, 11) is -34.2. The first-order valence-corrected chi connectivity index (χ1v) is 39.4. The zero-order valence-corrected chi connectivity index (χ0v) is 55.8. The molecule has 9 aliphatic carbocycles. The summed E-state index contributed by atoms with van der Waals surface area (Å²) >= 11 is 0. The van der Waals surface area contributed by atoms with Crippen molar-refractivity contribution < 1.29 is 143 Å². The number of Topliss-reactive ketones (excluding diaryl/α,β-unsaturated/α-hetero) is 1. The fraction of sp³-hybridized carbons (Fsp3) is 0.818. The summed E-state index contributed by atoms with van der Waals surface area (Å²) in [5, 5.41) is -20.3. The second-order valence-corrected chi connectivity index (χ2v) is 36.1. The zero-order chi connectivity index (χ0) is 70.0. The smallest absolute Gasteiger partial charge is 0.748 e. The van der Waals surface area contributed by atoms with Gasteiger partial charge in [-0.15, -0.1) is 4.13 Å². The van der Waals surface area contributed by atoms with Crippen LogP contribution in [0, 0.1) is 39.9 Å². The Morgan fingerprint density at radius 1 is 0.656 bits per heavy atom. The lowest BCUT2D eigenvalue weighted by molar-refractivity contribution is -0.245. The Morgan fingerprint density at radius 2 is 1.12 bits per heavy atom. The highest BCUT2D eigenvalue weighted by atomic mass is 32.3. The molecule has 10 rings (SSSR count). The van der Waals surface area contributed by atoms with Crippen LogP contribution in [0.3, 0.4) is 0 Å².